The van der Waals surface area contributed by atoms with Gasteiger partial charge in [0.1, 0.15) is 0 Å². The predicted octanol–water partition coefficient (Wildman–Crippen LogP) is 2.68. The predicted molar refractivity (Wildman–Crippen MR) is 72.5 cm³/mol. The molecule has 2 N–H and O–H groups in total. The molecule has 0 bridgehead atoms. The molecule has 0 aliphatic rings. The molecule has 18 heavy (non-hydrogen) atoms. The van der Waals surface area contributed by atoms with Crippen LogP contribution in [0.3, 0.4) is 0 Å². The van der Waals surface area contributed by atoms with Crippen molar-refractivity contribution in [3.8, 4) is 17.2 Å². The molecule has 0 heterocycles. The van der Waals surface area contributed by atoms with E-state index in [1.807, 2.05) is 18.2 Å². The molecule has 0 radical (unpaired) electrons. The van der Waals surface area contributed by atoms with Crippen LogP contribution in [0, 0.1) is 0 Å². The number of nitrogens with two attached hydrogens (primary N) is 1. The highest BCUT2D eigenvalue weighted by Gasteiger charge is 2.16. The van der Waals surface area contributed by atoms with E-state index in [4.69, 9.17) is 19.9 Å². The first-order valence-corrected chi connectivity index (χ1v) is 5.84. The Hall–Kier alpha value is -1.68. The van der Waals surface area contributed by atoms with Gasteiger partial charge in [-0.1, -0.05) is 6.08 Å². The molecule has 0 spiro atoms. The summed E-state index contributed by atoms with van der Waals surface area (Å²) in [5.41, 5.74) is 7.08. The number of allylic oxidation sites excluding steroid dienone is 1. The van der Waals surface area contributed by atoms with Crippen LogP contribution in [0.4, 0.5) is 0 Å². The topological polar surface area (TPSA) is 53.7 Å². The summed E-state index contributed by atoms with van der Waals surface area (Å²) in [5, 5.41) is 0. The molecule has 0 amide bonds. The van der Waals surface area contributed by atoms with Gasteiger partial charge in [-0.2, -0.15) is 0 Å². The summed E-state index contributed by atoms with van der Waals surface area (Å²) in [7, 11) is 4.77. The summed E-state index contributed by atoms with van der Waals surface area (Å²) in [6.07, 6.45) is 3.57. The fourth-order valence-corrected chi connectivity index (χ4v) is 1.78. The molecule has 0 unspecified atom stereocenters. The van der Waals surface area contributed by atoms with Gasteiger partial charge in [0.05, 0.1) is 21.3 Å². The van der Waals surface area contributed by atoms with Crippen LogP contribution in [0.5, 0.6) is 17.2 Å². The Kier molecular flexibility index (Phi) is 5.52. The lowest BCUT2D eigenvalue weighted by atomic mass is 10.0. The molecular weight excluding hydrogens is 230 g/mol. The van der Waals surface area contributed by atoms with E-state index in [1.54, 1.807) is 21.3 Å². The van der Waals surface area contributed by atoms with Gasteiger partial charge in [-0.3, -0.25) is 0 Å². The van der Waals surface area contributed by atoms with Crippen molar-refractivity contribution in [2.75, 3.05) is 21.3 Å². The second-order valence-electron chi connectivity index (χ2n) is 3.93. The lowest BCUT2D eigenvalue weighted by molar-refractivity contribution is 0.323. The Morgan fingerprint density at radius 3 is 2.11 bits per heavy atom. The molecule has 0 aliphatic heterocycles. The fraction of sp³-hybridized carbons (Fsp3) is 0.429. The SMILES string of the molecule is C=CCC[C@H](N)c1cc(OC)c(OC)c(OC)c1. The minimum absolute atomic E-state index is 0.0725. The molecule has 1 aromatic carbocycles. The fourth-order valence-electron chi connectivity index (χ4n) is 1.78. The van der Waals surface area contributed by atoms with E-state index in [1.165, 1.54) is 0 Å². The number of rotatable bonds is 7. The molecular formula is C14H21NO3. The van der Waals surface area contributed by atoms with Crippen molar-refractivity contribution >= 4 is 0 Å². The van der Waals surface area contributed by atoms with E-state index in [9.17, 15) is 0 Å². The summed E-state index contributed by atoms with van der Waals surface area (Å²) in [6.45, 7) is 3.70. The van der Waals surface area contributed by atoms with Gasteiger partial charge in [-0.25, -0.2) is 0 Å². The average molecular weight is 251 g/mol. The summed E-state index contributed by atoms with van der Waals surface area (Å²) in [5.74, 6) is 1.83. The highest BCUT2D eigenvalue weighted by Crippen LogP contribution is 2.39. The number of methoxy groups -OCH3 is 3. The Morgan fingerprint density at radius 2 is 1.72 bits per heavy atom. The van der Waals surface area contributed by atoms with Gasteiger partial charge in [0, 0.05) is 6.04 Å². The van der Waals surface area contributed by atoms with Crippen molar-refractivity contribution in [1.29, 1.82) is 0 Å². The molecule has 4 heteroatoms. The maximum Gasteiger partial charge on any atom is 0.203 e. The van der Waals surface area contributed by atoms with Crippen LogP contribution < -0.4 is 19.9 Å². The third kappa shape index (κ3) is 3.17. The van der Waals surface area contributed by atoms with E-state index in [2.05, 4.69) is 6.58 Å². The minimum Gasteiger partial charge on any atom is -0.493 e. The number of ether oxygens (including phenoxy) is 3. The van der Waals surface area contributed by atoms with Crippen LogP contribution in [-0.4, -0.2) is 21.3 Å². The van der Waals surface area contributed by atoms with Gasteiger partial charge >= 0.3 is 0 Å². The van der Waals surface area contributed by atoms with Crippen molar-refractivity contribution in [1.82, 2.24) is 0 Å². The van der Waals surface area contributed by atoms with Crippen LogP contribution in [0.15, 0.2) is 24.8 Å². The standard InChI is InChI=1S/C14H21NO3/c1-5-6-7-11(15)10-8-12(16-2)14(18-4)13(9-10)17-3/h5,8-9,11H,1,6-7,15H2,2-4H3/t11-/m0/s1. The van der Waals surface area contributed by atoms with E-state index in [0.717, 1.165) is 18.4 Å². The second kappa shape index (κ2) is 6.91. The van der Waals surface area contributed by atoms with Gasteiger partial charge in [-0.15, -0.1) is 6.58 Å². The number of hydrogen-bond donors (Lipinski definition) is 1. The third-order valence-electron chi connectivity index (χ3n) is 2.80. The van der Waals surface area contributed by atoms with Gasteiger partial charge in [0.15, 0.2) is 11.5 Å². The third-order valence-corrected chi connectivity index (χ3v) is 2.80. The highest BCUT2D eigenvalue weighted by molar-refractivity contribution is 5.54. The first-order valence-electron chi connectivity index (χ1n) is 5.84. The Labute approximate surface area is 108 Å². The molecule has 0 saturated heterocycles. The van der Waals surface area contributed by atoms with Gasteiger partial charge in [0.25, 0.3) is 0 Å². The van der Waals surface area contributed by atoms with Crippen molar-refractivity contribution in [2.24, 2.45) is 5.73 Å². The molecule has 1 aromatic rings. The van der Waals surface area contributed by atoms with Crippen molar-refractivity contribution in [2.45, 2.75) is 18.9 Å². The smallest absolute Gasteiger partial charge is 0.203 e. The largest absolute Gasteiger partial charge is 0.493 e. The van der Waals surface area contributed by atoms with Crippen LogP contribution in [0.25, 0.3) is 0 Å². The first kappa shape index (κ1) is 14.4. The molecule has 0 aliphatic carbocycles. The van der Waals surface area contributed by atoms with E-state index >= 15 is 0 Å². The van der Waals surface area contributed by atoms with Crippen LogP contribution in [-0.2, 0) is 0 Å². The van der Waals surface area contributed by atoms with E-state index < -0.39 is 0 Å². The lowest BCUT2D eigenvalue weighted by Crippen LogP contribution is -2.10. The monoisotopic (exact) mass is 251 g/mol. The average Bonchev–Trinajstić information content (AvgIpc) is 2.42. The normalized spacial score (nSPS) is 11.8. The Morgan fingerprint density at radius 1 is 1.17 bits per heavy atom. The zero-order chi connectivity index (χ0) is 13.5. The lowest BCUT2D eigenvalue weighted by Gasteiger charge is -2.17. The summed E-state index contributed by atoms with van der Waals surface area (Å²) >= 11 is 0. The molecule has 1 atom stereocenters. The molecule has 100 valence electrons. The highest BCUT2D eigenvalue weighted by atomic mass is 16.5. The zero-order valence-corrected chi connectivity index (χ0v) is 11.2. The van der Waals surface area contributed by atoms with Crippen LogP contribution in [0.1, 0.15) is 24.4 Å². The van der Waals surface area contributed by atoms with Crippen molar-refractivity contribution < 1.29 is 14.2 Å². The van der Waals surface area contributed by atoms with E-state index in [-0.39, 0.29) is 6.04 Å². The molecule has 0 saturated carbocycles. The van der Waals surface area contributed by atoms with E-state index in [0.29, 0.717) is 17.2 Å². The summed E-state index contributed by atoms with van der Waals surface area (Å²) in [6, 6.07) is 3.70. The maximum atomic E-state index is 6.12. The first-order chi connectivity index (χ1) is 8.67. The van der Waals surface area contributed by atoms with Gasteiger partial charge < -0.3 is 19.9 Å². The quantitative estimate of drug-likeness (QED) is 0.757. The zero-order valence-electron chi connectivity index (χ0n) is 11.2. The Bertz CT molecular complexity index is 379. The van der Waals surface area contributed by atoms with Gasteiger partial charge in [-0.05, 0) is 30.5 Å². The van der Waals surface area contributed by atoms with Gasteiger partial charge in [0.2, 0.25) is 5.75 Å². The molecule has 0 fully saturated rings. The number of benzene rings is 1. The van der Waals surface area contributed by atoms with Crippen molar-refractivity contribution in [3.63, 3.8) is 0 Å². The molecule has 4 nitrogen and oxygen atoms in total. The van der Waals surface area contributed by atoms with Crippen LogP contribution in [0.2, 0.25) is 0 Å². The summed E-state index contributed by atoms with van der Waals surface area (Å²) in [4.78, 5) is 0. The van der Waals surface area contributed by atoms with Crippen molar-refractivity contribution in [3.05, 3.63) is 30.4 Å². The molecule has 1 rings (SSSR count). The molecule has 0 aromatic heterocycles. The second-order valence-corrected chi connectivity index (χ2v) is 3.93. The maximum absolute atomic E-state index is 6.12. The number of hydrogen-bond acceptors (Lipinski definition) is 4. The van der Waals surface area contributed by atoms with Crippen LogP contribution >= 0.6 is 0 Å². The summed E-state index contributed by atoms with van der Waals surface area (Å²) < 4.78 is 15.9. The Balaban J connectivity index is 3.10. The minimum atomic E-state index is -0.0725.